The van der Waals surface area contributed by atoms with Gasteiger partial charge in [0.1, 0.15) is 18.1 Å². The number of hydrogen-bond donors (Lipinski definition) is 8. The predicted molar refractivity (Wildman–Crippen MR) is 120 cm³/mol. The maximum absolute atomic E-state index is 12.9. The molecule has 4 amide bonds. The maximum atomic E-state index is 12.9. The Balaban J connectivity index is 5.47. The molecule has 0 saturated carbocycles. The van der Waals surface area contributed by atoms with Crippen molar-refractivity contribution in [2.24, 2.45) is 33.8 Å². The second kappa shape index (κ2) is 14.6. The molecule has 188 valence electrons. The Bertz CT molecular complexity index is 738. The lowest BCUT2D eigenvalue weighted by Crippen LogP contribution is -2.57. The summed E-state index contributed by atoms with van der Waals surface area (Å²) in [5.74, 6) is -4.47. The molecule has 0 aliphatic carbocycles. The first-order chi connectivity index (χ1) is 15.2. The van der Waals surface area contributed by atoms with E-state index in [1.54, 1.807) is 0 Å². The van der Waals surface area contributed by atoms with Crippen LogP contribution in [-0.4, -0.2) is 71.4 Å². The summed E-state index contributed by atoms with van der Waals surface area (Å²) in [6.07, 6.45) is 0.205. The number of carbonyl (C=O) groups is 5. The highest BCUT2D eigenvalue weighted by atomic mass is 16.4. The topological polar surface area (TPSA) is 258 Å². The highest BCUT2D eigenvalue weighted by molar-refractivity contribution is 5.96. The molecule has 0 saturated heterocycles. The molecule has 0 fully saturated rings. The third kappa shape index (κ3) is 12.9. The third-order valence-corrected chi connectivity index (χ3v) is 4.41. The zero-order valence-electron chi connectivity index (χ0n) is 19.2. The van der Waals surface area contributed by atoms with Crippen molar-refractivity contribution in [2.45, 2.75) is 70.6 Å². The van der Waals surface area contributed by atoms with Gasteiger partial charge in [0.2, 0.25) is 23.6 Å². The monoisotopic (exact) mass is 472 g/mol. The van der Waals surface area contributed by atoms with Crippen LogP contribution < -0.4 is 38.9 Å². The Labute approximate surface area is 192 Å². The minimum atomic E-state index is -1.45. The van der Waals surface area contributed by atoms with Gasteiger partial charge in [0.25, 0.3) is 0 Å². The van der Waals surface area contributed by atoms with E-state index in [0.717, 1.165) is 0 Å². The van der Waals surface area contributed by atoms with Gasteiger partial charge in [0.15, 0.2) is 5.96 Å². The summed E-state index contributed by atoms with van der Waals surface area (Å²) in [4.78, 5) is 63.9. The molecular weight excluding hydrogens is 436 g/mol. The number of nitrogens with two attached hydrogens (primary N) is 4. The standard InChI is InChI=1S/C19H36N8O6/c1-9(2)7-11(20)15(29)26-12(5-4-6-24-19(22)23)16(30)27-13(8-14(21)28)17(31)25-10(3)18(32)33/h9-13H,4-8,20H2,1-3H3,(H2,21,28)(H,25,31)(H,26,29)(H,27,30)(H,32,33)(H4,22,23,24). The van der Waals surface area contributed by atoms with Crippen LogP contribution in [0.1, 0.15) is 46.5 Å². The molecular formula is C19H36N8O6. The van der Waals surface area contributed by atoms with Gasteiger partial charge in [-0.1, -0.05) is 13.8 Å². The fraction of sp³-hybridized carbons (Fsp3) is 0.684. The molecule has 14 heteroatoms. The van der Waals surface area contributed by atoms with Gasteiger partial charge >= 0.3 is 5.97 Å². The van der Waals surface area contributed by atoms with Gasteiger partial charge in [-0.05, 0) is 32.1 Å². The molecule has 0 spiro atoms. The van der Waals surface area contributed by atoms with Gasteiger partial charge in [0, 0.05) is 6.54 Å². The van der Waals surface area contributed by atoms with Gasteiger partial charge in [-0.2, -0.15) is 0 Å². The molecule has 0 heterocycles. The number of carbonyl (C=O) groups excluding carboxylic acids is 4. The first-order valence-electron chi connectivity index (χ1n) is 10.5. The molecule has 0 aromatic carbocycles. The van der Waals surface area contributed by atoms with Gasteiger partial charge in [-0.3, -0.25) is 29.0 Å². The van der Waals surface area contributed by atoms with Crippen molar-refractivity contribution in [3.63, 3.8) is 0 Å². The Morgan fingerprint density at radius 3 is 1.91 bits per heavy atom. The predicted octanol–water partition coefficient (Wildman–Crippen LogP) is -3.15. The molecule has 12 N–H and O–H groups in total. The number of rotatable bonds is 15. The minimum Gasteiger partial charge on any atom is -0.480 e. The van der Waals surface area contributed by atoms with Gasteiger partial charge in [-0.15, -0.1) is 0 Å². The van der Waals surface area contributed by atoms with Crippen molar-refractivity contribution in [2.75, 3.05) is 6.54 Å². The molecule has 0 aromatic rings. The molecule has 0 aliphatic heterocycles. The fourth-order valence-electron chi connectivity index (χ4n) is 2.72. The summed E-state index contributed by atoms with van der Waals surface area (Å²) in [6, 6.07) is -4.70. The number of primary amides is 1. The van der Waals surface area contributed by atoms with Gasteiger partial charge in [0.05, 0.1) is 12.5 Å². The van der Waals surface area contributed by atoms with E-state index in [4.69, 9.17) is 28.0 Å². The van der Waals surface area contributed by atoms with E-state index in [9.17, 15) is 24.0 Å². The zero-order chi connectivity index (χ0) is 25.7. The van der Waals surface area contributed by atoms with E-state index < -0.39 is 60.2 Å². The number of hydrogen-bond acceptors (Lipinski definition) is 7. The Kier molecular flexibility index (Phi) is 13.1. The highest BCUT2D eigenvalue weighted by Gasteiger charge is 2.30. The number of nitrogens with one attached hydrogen (secondary N) is 3. The Hall–Kier alpha value is -3.42. The summed E-state index contributed by atoms with van der Waals surface area (Å²) in [5, 5.41) is 16.0. The van der Waals surface area contributed by atoms with E-state index >= 15 is 0 Å². The minimum absolute atomic E-state index is 0.0964. The molecule has 0 aromatic heterocycles. The smallest absolute Gasteiger partial charge is 0.325 e. The van der Waals surface area contributed by atoms with Crippen LogP contribution in [0, 0.1) is 5.92 Å². The second-order valence-corrected chi connectivity index (χ2v) is 8.05. The van der Waals surface area contributed by atoms with Crippen molar-refractivity contribution >= 4 is 35.6 Å². The van der Waals surface area contributed by atoms with Crippen LogP contribution >= 0.6 is 0 Å². The van der Waals surface area contributed by atoms with Gasteiger partial charge < -0.3 is 44.0 Å². The van der Waals surface area contributed by atoms with Crippen LogP contribution in [0.25, 0.3) is 0 Å². The summed E-state index contributed by atoms with van der Waals surface area (Å²) >= 11 is 0. The van der Waals surface area contributed by atoms with Crippen LogP contribution in [0.4, 0.5) is 0 Å². The summed E-state index contributed by atoms with van der Waals surface area (Å²) in [5.41, 5.74) is 21.6. The third-order valence-electron chi connectivity index (χ3n) is 4.41. The van der Waals surface area contributed by atoms with Crippen molar-refractivity contribution in [1.82, 2.24) is 16.0 Å². The highest BCUT2D eigenvalue weighted by Crippen LogP contribution is 2.06. The molecule has 0 radical (unpaired) electrons. The van der Waals surface area contributed by atoms with Crippen molar-refractivity contribution in [1.29, 1.82) is 0 Å². The molecule has 4 unspecified atom stereocenters. The molecule has 0 bridgehead atoms. The summed E-state index contributed by atoms with van der Waals surface area (Å²) in [7, 11) is 0. The molecule has 0 aliphatic rings. The molecule has 33 heavy (non-hydrogen) atoms. The lowest BCUT2D eigenvalue weighted by atomic mass is 10.0. The molecule has 0 rings (SSSR count). The average Bonchev–Trinajstić information content (AvgIpc) is 2.68. The quantitative estimate of drug-likeness (QED) is 0.0678. The average molecular weight is 473 g/mol. The number of carboxylic acid groups (broad SMARTS) is 1. The van der Waals surface area contributed by atoms with E-state index in [2.05, 4.69) is 20.9 Å². The number of aliphatic carboxylic acids is 1. The lowest BCUT2D eigenvalue weighted by Gasteiger charge is -2.24. The first-order valence-corrected chi connectivity index (χ1v) is 10.5. The first kappa shape index (κ1) is 29.6. The Morgan fingerprint density at radius 1 is 0.879 bits per heavy atom. The van der Waals surface area contributed by atoms with Crippen molar-refractivity contribution < 1.29 is 29.1 Å². The molecule has 4 atom stereocenters. The normalized spacial score (nSPS) is 14.3. The number of carboxylic acids is 1. The van der Waals surface area contributed by atoms with Crippen LogP contribution in [0.15, 0.2) is 4.99 Å². The summed E-state index contributed by atoms with van der Waals surface area (Å²) in [6.45, 7) is 5.17. The van der Waals surface area contributed by atoms with Crippen LogP contribution in [0.2, 0.25) is 0 Å². The van der Waals surface area contributed by atoms with E-state index in [-0.39, 0.29) is 24.8 Å². The van der Waals surface area contributed by atoms with Crippen LogP contribution in [-0.2, 0) is 24.0 Å². The fourth-order valence-corrected chi connectivity index (χ4v) is 2.72. The van der Waals surface area contributed by atoms with E-state index in [0.29, 0.717) is 12.8 Å². The molecule has 14 nitrogen and oxygen atoms in total. The van der Waals surface area contributed by atoms with Crippen molar-refractivity contribution in [3.8, 4) is 0 Å². The van der Waals surface area contributed by atoms with Crippen LogP contribution in [0.3, 0.4) is 0 Å². The SMILES string of the molecule is CC(C)CC(N)C(=O)NC(CCCN=C(N)N)C(=O)NC(CC(N)=O)C(=O)NC(C)C(=O)O. The Morgan fingerprint density at radius 2 is 1.42 bits per heavy atom. The lowest BCUT2D eigenvalue weighted by molar-refractivity contribution is -0.142. The van der Waals surface area contributed by atoms with Crippen LogP contribution in [0.5, 0.6) is 0 Å². The zero-order valence-corrected chi connectivity index (χ0v) is 19.2. The number of aliphatic imine (C=N–C) groups is 1. The number of nitrogens with zero attached hydrogens (tertiary/aromatic N) is 1. The number of amides is 4. The van der Waals surface area contributed by atoms with Gasteiger partial charge in [-0.25, -0.2) is 0 Å². The number of guanidine groups is 1. The largest absolute Gasteiger partial charge is 0.480 e. The van der Waals surface area contributed by atoms with E-state index in [1.165, 1.54) is 6.92 Å². The second-order valence-electron chi connectivity index (χ2n) is 8.05. The van der Waals surface area contributed by atoms with E-state index in [1.807, 2.05) is 13.8 Å². The summed E-state index contributed by atoms with van der Waals surface area (Å²) < 4.78 is 0. The van der Waals surface area contributed by atoms with Crippen molar-refractivity contribution in [3.05, 3.63) is 0 Å². The maximum Gasteiger partial charge on any atom is 0.325 e.